The molecule has 6 nitrogen and oxygen atoms in total. The van der Waals surface area contributed by atoms with Crippen LogP contribution >= 0.6 is 15.9 Å². The van der Waals surface area contributed by atoms with Crippen molar-refractivity contribution in [2.45, 2.75) is 12.6 Å². The Hall–Kier alpha value is -2.90. The normalized spacial score (nSPS) is 12.2. The van der Waals surface area contributed by atoms with Gasteiger partial charge >= 0.3 is 0 Å². The molecule has 2 aromatic heterocycles. The first-order valence-corrected chi connectivity index (χ1v) is 9.51. The van der Waals surface area contributed by atoms with Gasteiger partial charge in [-0.1, -0.05) is 40.2 Å². The lowest BCUT2D eigenvalue weighted by atomic mass is 10.1. The first-order valence-electron chi connectivity index (χ1n) is 8.72. The summed E-state index contributed by atoms with van der Waals surface area (Å²) in [6.07, 6.45) is 2.52. The third kappa shape index (κ3) is 3.58. The minimum absolute atomic E-state index is 0.139. The summed E-state index contributed by atoms with van der Waals surface area (Å²) in [5.74, 6) is 0.661. The van der Waals surface area contributed by atoms with Crippen LogP contribution in [0.1, 0.15) is 11.7 Å². The number of hydrogen-bond acceptors (Lipinski definition) is 4. The monoisotopic (exact) mass is 439 g/mol. The van der Waals surface area contributed by atoms with Gasteiger partial charge in [-0.15, -0.1) is 0 Å². The Labute approximate surface area is 169 Å². The second-order valence-electron chi connectivity index (χ2n) is 6.42. The zero-order valence-electron chi connectivity index (χ0n) is 15.1. The number of aliphatic hydroxyl groups is 1. The van der Waals surface area contributed by atoms with Gasteiger partial charge in [-0.3, -0.25) is 4.79 Å². The summed E-state index contributed by atoms with van der Waals surface area (Å²) < 4.78 is 9.19. The van der Waals surface area contributed by atoms with Crippen LogP contribution in [-0.4, -0.2) is 26.4 Å². The number of benzene rings is 2. The zero-order chi connectivity index (χ0) is 19.7. The van der Waals surface area contributed by atoms with Gasteiger partial charge in [0.05, 0.1) is 25.5 Å². The molecule has 0 saturated heterocycles. The highest BCUT2D eigenvalue weighted by atomic mass is 79.9. The van der Waals surface area contributed by atoms with Crippen LogP contribution in [-0.2, 0) is 6.54 Å². The molecule has 1 unspecified atom stereocenters. The summed E-state index contributed by atoms with van der Waals surface area (Å²) in [6, 6.07) is 16.7. The molecule has 0 saturated carbocycles. The van der Waals surface area contributed by atoms with E-state index in [2.05, 4.69) is 21.0 Å². The van der Waals surface area contributed by atoms with E-state index in [1.807, 2.05) is 36.4 Å². The third-order valence-electron chi connectivity index (χ3n) is 4.57. The van der Waals surface area contributed by atoms with E-state index in [-0.39, 0.29) is 12.1 Å². The first-order chi connectivity index (χ1) is 13.5. The molecule has 0 fully saturated rings. The second kappa shape index (κ2) is 7.61. The molecule has 7 heteroatoms. The maximum atomic E-state index is 12.9. The lowest BCUT2D eigenvalue weighted by Gasteiger charge is -2.14. The molecule has 2 heterocycles. The van der Waals surface area contributed by atoms with Crippen LogP contribution in [0.2, 0.25) is 0 Å². The molecule has 0 spiro atoms. The maximum Gasteiger partial charge on any atom is 0.276 e. The summed E-state index contributed by atoms with van der Waals surface area (Å²) >= 11 is 3.45. The third-order valence-corrected chi connectivity index (χ3v) is 5.07. The fourth-order valence-corrected chi connectivity index (χ4v) is 3.50. The topological polar surface area (TPSA) is 68.8 Å². The predicted octanol–water partition coefficient (Wildman–Crippen LogP) is 3.67. The Morgan fingerprint density at radius 2 is 1.96 bits per heavy atom. The van der Waals surface area contributed by atoms with Crippen LogP contribution in [0.15, 0.2) is 76.3 Å². The van der Waals surface area contributed by atoms with E-state index in [4.69, 9.17) is 4.74 Å². The average Bonchev–Trinajstić information content (AvgIpc) is 3.15. The highest BCUT2D eigenvalue weighted by molar-refractivity contribution is 9.10. The maximum absolute atomic E-state index is 12.9. The van der Waals surface area contributed by atoms with E-state index in [0.717, 1.165) is 10.0 Å². The number of halogens is 1. The van der Waals surface area contributed by atoms with Gasteiger partial charge in [0.25, 0.3) is 5.56 Å². The molecule has 0 aliphatic carbocycles. The lowest BCUT2D eigenvalue weighted by Crippen LogP contribution is -2.24. The van der Waals surface area contributed by atoms with Crippen LogP contribution in [0.4, 0.5) is 0 Å². The van der Waals surface area contributed by atoms with Crippen LogP contribution < -0.4 is 10.3 Å². The smallest absolute Gasteiger partial charge is 0.276 e. The molecular formula is C21H18BrN3O3. The molecule has 2 aromatic carbocycles. The highest BCUT2D eigenvalue weighted by Gasteiger charge is 2.14. The fraction of sp³-hybridized carbons (Fsp3) is 0.143. The molecule has 0 radical (unpaired) electrons. The van der Waals surface area contributed by atoms with Crippen LogP contribution in [0.3, 0.4) is 0 Å². The van der Waals surface area contributed by atoms with Crippen molar-refractivity contribution >= 4 is 21.4 Å². The Bertz CT molecular complexity index is 1200. The highest BCUT2D eigenvalue weighted by Crippen LogP contribution is 2.23. The van der Waals surface area contributed by atoms with Crippen molar-refractivity contribution in [2.24, 2.45) is 0 Å². The van der Waals surface area contributed by atoms with Crippen molar-refractivity contribution in [3.63, 3.8) is 0 Å². The van der Waals surface area contributed by atoms with Gasteiger partial charge in [0.2, 0.25) is 0 Å². The van der Waals surface area contributed by atoms with E-state index >= 15 is 0 Å². The second-order valence-corrected chi connectivity index (χ2v) is 7.33. The molecule has 1 N–H and O–H groups in total. The molecule has 28 heavy (non-hydrogen) atoms. The predicted molar refractivity (Wildman–Crippen MR) is 111 cm³/mol. The standard InChI is InChI=1S/C21H18BrN3O3/c1-28-17-7-3-5-15(11-17)20(26)13-24-8-9-25-19(21(24)27)12-18(23-25)14-4-2-6-16(22)10-14/h2-12,20,26H,13H2,1H3. The molecule has 142 valence electrons. The number of ether oxygens (including phenoxy) is 1. The van der Waals surface area contributed by atoms with E-state index in [0.29, 0.717) is 22.5 Å². The van der Waals surface area contributed by atoms with Crippen molar-refractivity contribution in [3.8, 4) is 17.0 Å². The minimum Gasteiger partial charge on any atom is -0.497 e. The van der Waals surface area contributed by atoms with Gasteiger partial charge in [-0.05, 0) is 35.9 Å². The van der Waals surface area contributed by atoms with Gasteiger partial charge in [-0.25, -0.2) is 4.52 Å². The number of rotatable bonds is 5. The Kier molecular flexibility index (Phi) is 5.02. The summed E-state index contributed by atoms with van der Waals surface area (Å²) in [5.41, 5.74) is 2.56. The molecule has 0 aliphatic heterocycles. The van der Waals surface area contributed by atoms with Crippen molar-refractivity contribution in [2.75, 3.05) is 7.11 Å². The van der Waals surface area contributed by atoms with Gasteiger partial charge in [-0.2, -0.15) is 5.10 Å². The van der Waals surface area contributed by atoms with E-state index in [1.54, 1.807) is 42.2 Å². The van der Waals surface area contributed by atoms with E-state index < -0.39 is 6.10 Å². The van der Waals surface area contributed by atoms with E-state index in [9.17, 15) is 9.90 Å². The van der Waals surface area contributed by atoms with Crippen molar-refractivity contribution < 1.29 is 9.84 Å². The van der Waals surface area contributed by atoms with Crippen LogP contribution in [0.25, 0.3) is 16.8 Å². The first kappa shape index (κ1) is 18.5. The lowest BCUT2D eigenvalue weighted by molar-refractivity contribution is 0.155. The number of hydrogen-bond donors (Lipinski definition) is 1. The average molecular weight is 440 g/mol. The van der Waals surface area contributed by atoms with Gasteiger partial charge in [0.1, 0.15) is 11.3 Å². The van der Waals surface area contributed by atoms with Crippen molar-refractivity contribution in [3.05, 3.63) is 87.4 Å². The number of fused-ring (bicyclic) bond motifs is 1. The molecule has 1 atom stereocenters. The molecule has 4 aromatic rings. The van der Waals surface area contributed by atoms with Gasteiger partial charge in [0, 0.05) is 22.4 Å². The molecular weight excluding hydrogens is 422 g/mol. The summed E-state index contributed by atoms with van der Waals surface area (Å²) in [4.78, 5) is 12.9. The largest absolute Gasteiger partial charge is 0.497 e. The zero-order valence-corrected chi connectivity index (χ0v) is 16.7. The molecule has 4 rings (SSSR count). The van der Waals surface area contributed by atoms with E-state index in [1.165, 1.54) is 4.57 Å². The molecule has 0 bridgehead atoms. The van der Waals surface area contributed by atoms with Crippen molar-refractivity contribution in [1.29, 1.82) is 0 Å². The fourth-order valence-electron chi connectivity index (χ4n) is 3.10. The van der Waals surface area contributed by atoms with Gasteiger partial charge in [0.15, 0.2) is 0 Å². The number of methoxy groups -OCH3 is 1. The SMILES string of the molecule is COc1cccc(C(O)Cn2ccn3nc(-c4cccc(Br)c4)cc3c2=O)c1. The number of nitrogens with zero attached hydrogens (tertiary/aromatic N) is 3. The Morgan fingerprint density at radius 3 is 2.75 bits per heavy atom. The molecule has 0 amide bonds. The minimum atomic E-state index is -0.831. The summed E-state index contributed by atoms with van der Waals surface area (Å²) in [7, 11) is 1.58. The summed E-state index contributed by atoms with van der Waals surface area (Å²) in [5, 5.41) is 15.1. The number of aliphatic hydroxyl groups excluding tert-OH is 1. The number of aromatic nitrogens is 3. The van der Waals surface area contributed by atoms with Crippen LogP contribution in [0.5, 0.6) is 5.75 Å². The Morgan fingerprint density at radius 1 is 1.14 bits per heavy atom. The van der Waals surface area contributed by atoms with Crippen LogP contribution in [0, 0.1) is 0 Å². The summed E-state index contributed by atoms with van der Waals surface area (Å²) in [6.45, 7) is 0.139. The Balaban J connectivity index is 1.67. The molecule has 0 aliphatic rings. The quantitative estimate of drug-likeness (QED) is 0.514. The van der Waals surface area contributed by atoms with Crippen molar-refractivity contribution in [1.82, 2.24) is 14.2 Å². The van der Waals surface area contributed by atoms with Gasteiger partial charge < -0.3 is 14.4 Å².